The van der Waals surface area contributed by atoms with Crippen molar-refractivity contribution >= 4 is 28.3 Å². The maximum Gasteiger partial charge on any atom is 0.220 e. The Kier molecular flexibility index (Phi) is 4.72. The van der Waals surface area contributed by atoms with Crippen LogP contribution < -0.4 is 5.32 Å². The molecule has 4 heteroatoms. The number of hydrogen-bond donors (Lipinski definition) is 2. The van der Waals surface area contributed by atoms with Gasteiger partial charge in [-0.25, -0.2) is 0 Å². The summed E-state index contributed by atoms with van der Waals surface area (Å²) < 4.78 is 0. The van der Waals surface area contributed by atoms with E-state index in [1.807, 2.05) is 42.5 Å². The SMILES string of the molecule is CCC(=O)N[C@@H](c1ccc(Cl)cc1)c1c(O)ccc2ccccc12. The molecule has 1 amide bonds. The Morgan fingerprint density at radius 3 is 2.50 bits per heavy atom. The fraction of sp³-hybridized carbons (Fsp3) is 0.150. The summed E-state index contributed by atoms with van der Waals surface area (Å²) in [4.78, 5) is 12.1. The highest BCUT2D eigenvalue weighted by Crippen LogP contribution is 2.36. The molecule has 0 aliphatic heterocycles. The lowest BCUT2D eigenvalue weighted by Gasteiger charge is -2.22. The van der Waals surface area contributed by atoms with Crippen molar-refractivity contribution in [1.29, 1.82) is 0 Å². The topological polar surface area (TPSA) is 49.3 Å². The van der Waals surface area contributed by atoms with E-state index in [0.717, 1.165) is 16.3 Å². The number of hydrogen-bond acceptors (Lipinski definition) is 2. The molecule has 2 N–H and O–H groups in total. The second kappa shape index (κ2) is 6.93. The molecule has 0 aliphatic carbocycles. The first-order valence-corrected chi connectivity index (χ1v) is 8.23. The average Bonchev–Trinajstić information content (AvgIpc) is 2.61. The van der Waals surface area contributed by atoms with Gasteiger partial charge < -0.3 is 10.4 Å². The summed E-state index contributed by atoms with van der Waals surface area (Å²) in [6, 6.07) is 18.2. The van der Waals surface area contributed by atoms with Crippen molar-refractivity contribution in [3.8, 4) is 5.75 Å². The average molecular weight is 340 g/mol. The summed E-state index contributed by atoms with van der Waals surface area (Å²) >= 11 is 5.98. The minimum absolute atomic E-state index is 0.0812. The molecule has 0 spiro atoms. The fourth-order valence-corrected chi connectivity index (χ4v) is 2.95. The summed E-state index contributed by atoms with van der Waals surface area (Å²) in [5.74, 6) is 0.0762. The van der Waals surface area contributed by atoms with Gasteiger partial charge in [-0.3, -0.25) is 4.79 Å². The van der Waals surface area contributed by atoms with E-state index in [1.165, 1.54) is 0 Å². The molecule has 1 atom stereocenters. The van der Waals surface area contributed by atoms with E-state index in [2.05, 4.69) is 5.32 Å². The van der Waals surface area contributed by atoms with E-state index in [0.29, 0.717) is 17.0 Å². The van der Waals surface area contributed by atoms with E-state index in [1.54, 1.807) is 25.1 Å². The summed E-state index contributed by atoms with van der Waals surface area (Å²) in [5.41, 5.74) is 1.56. The molecule has 0 aliphatic rings. The summed E-state index contributed by atoms with van der Waals surface area (Å²) in [6.45, 7) is 1.80. The van der Waals surface area contributed by atoms with Crippen molar-refractivity contribution < 1.29 is 9.90 Å². The molecule has 0 aromatic heterocycles. The van der Waals surface area contributed by atoms with Crippen LogP contribution in [0.5, 0.6) is 5.75 Å². The first kappa shape index (κ1) is 16.3. The van der Waals surface area contributed by atoms with Gasteiger partial charge in [-0.15, -0.1) is 0 Å². The summed E-state index contributed by atoms with van der Waals surface area (Å²) in [7, 11) is 0. The van der Waals surface area contributed by atoms with Crippen LogP contribution in [0.4, 0.5) is 0 Å². The zero-order chi connectivity index (χ0) is 17.1. The van der Waals surface area contributed by atoms with Crippen molar-refractivity contribution in [2.75, 3.05) is 0 Å². The molecule has 0 radical (unpaired) electrons. The highest BCUT2D eigenvalue weighted by Gasteiger charge is 2.22. The summed E-state index contributed by atoms with van der Waals surface area (Å²) in [6.07, 6.45) is 0.371. The number of halogens is 1. The molecule has 0 bridgehead atoms. The van der Waals surface area contributed by atoms with E-state index >= 15 is 0 Å². The number of fused-ring (bicyclic) bond motifs is 1. The standard InChI is InChI=1S/C20H18ClNO2/c1-2-18(24)22-20(14-7-10-15(21)11-8-14)19-16-6-4-3-5-13(16)9-12-17(19)23/h3-12,20,23H,2H2,1H3,(H,22,24)/t20-/m0/s1. The molecule has 3 nitrogen and oxygen atoms in total. The smallest absolute Gasteiger partial charge is 0.220 e. The molecule has 0 fully saturated rings. The van der Waals surface area contributed by atoms with Crippen LogP contribution in [0.15, 0.2) is 60.7 Å². The lowest BCUT2D eigenvalue weighted by molar-refractivity contribution is -0.121. The molecule has 24 heavy (non-hydrogen) atoms. The minimum atomic E-state index is -0.444. The number of carbonyl (C=O) groups excluding carboxylic acids is 1. The van der Waals surface area contributed by atoms with Crippen molar-refractivity contribution in [1.82, 2.24) is 5.32 Å². The normalized spacial score (nSPS) is 12.1. The number of carbonyl (C=O) groups is 1. The molecule has 3 rings (SSSR count). The largest absolute Gasteiger partial charge is 0.508 e. The second-order valence-electron chi connectivity index (χ2n) is 5.63. The van der Waals surface area contributed by atoms with Gasteiger partial charge in [0.1, 0.15) is 5.75 Å². The van der Waals surface area contributed by atoms with Gasteiger partial charge >= 0.3 is 0 Å². The van der Waals surface area contributed by atoms with Gasteiger partial charge in [-0.1, -0.05) is 61.0 Å². The first-order chi connectivity index (χ1) is 11.6. The Morgan fingerprint density at radius 2 is 1.79 bits per heavy atom. The number of benzene rings is 3. The van der Waals surface area contributed by atoms with Gasteiger partial charge in [0.2, 0.25) is 5.91 Å². The van der Waals surface area contributed by atoms with Crippen molar-refractivity contribution in [2.45, 2.75) is 19.4 Å². The van der Waals surface area contributed by atoms with Crippen molar-refractivity contribution in [3.63, 3.8) is 0 Å². The monoisotopic (exact) mass is 339 g/mol. The quantitative estimate of drug-likeness (QED) is 0.716. The molecular weight excluding hydrogens is 322 g/mol. The van der Waals surface area contributed by atoms with Crippen LogP contribution in [0.2, 0.25) is 5.02 Å². The molecule has 3 aromatic rings. The van der Waals surface area contributed by atoms with Gasteiger partial charge in [0, 0.05) is 17.0 Å². The van der Waals surface area contributed by atoms with Crippen molar-refractivity contribution in [3.05, 3.63) is 76.8 Å². The zero-order valence-corrected chi connectivity index (χ0v) is 14.0. The third-order valence-electron chi connectivity index (χ3n) is 4.07. The van der Waals surface area contributed by atoms with Gasteiger partial charge in [-0.2, -0.15) is 0 Å². The molecular formula is C20H18ClNO2. The Labute approximate surface area is 145 Å². The minimum Gasteiger partial charge on any atom is -0.508 e. The van der Waals surface area contributed by atoms with E-state index in [4.69, 9.17) is 11.6 Å². The van der Waals surface area contributed by atoms with Gasteiger partial charge in [0.05, 0.1) is 6.04 Å². The third-order valence-corrected chi connectivity index (χ3v) is 4.32. The van der Waals surface area contributed by atoms with Crippen LogP contribution in [0.3, 0.4) is 0 Å². The third kappa shape index (κ3) is 3.22. The number of aromatic hydroxyl groups is 1. The van der Waals surface area contributed by atoms with Crippen LogP contribution in [-0.4, -0.2) is 11.0 Å². The lowest BCUT2D eigenvalue weighted by atomic mass is 9.92. The highest BCUT2D eigenvalue weighted by atomic mass is 35.5. The van der Waals surface area contributed by atoms with E-state index in [-0.39, 0.29) is 11.7 Å². The van der Waals surface area contributed by atoms with Crippen LogP contribution in [0.25, 0.3) is 10.8 Å². The number of amides is 1. The Bertz CT molecular complexity index is 874. The van der Waals surface area contributed by atoms with Crippen LogP contribution in [-0.2, 0) is 4.79 Å². The maximum absolute atomic E-state index is 12.1. The lowest BCUT2D eigenvalue weighted by Crippen LogP contribution is -2.28. The second-order valence-corrected chi connectivity index (χ2v) is 6.06. The van der Waals surface area contributed by atoms with Crippen molar-refractivity contribution in [2.24, 2.45) is 0 Å². The molecule has 0 heterocycles. The van der Waals surface area contributed by atoms with Crippen LogP contribution >= 0.6 is 11.6 Å². The Hall–Kier alpha value is -2.52. The van der Waals surface area contributed by atoms with Gasteiger partial charge in [0.15, 0.2) is 0 Å². The molecule has 0 unspecified atom stereocenters. The van der Waals surface area contributed by atoms with Gasteiger partial charge in [-0.05, 0) is 34.5 Å². The molecule has 0 saturated heterocycles. The fourth-order valence-electron chi connectivity index (χ4n) is 2.83. The summed E-state index contributed by atoms with van der Waals surface area (Å²) in [5, 5.41) is 16.1. The van der Waals surface area contributed by atoms with Gasteiger partial charge in [0.25, 0.3) is 0 Å². The van der Waals surface area contributed by atoms with Crippen LogP contribution in [0, 0.1) is 0 Å². The Balaban J connectivity index is 2.20. The zero-order valence-electron chi connectivity index (χ0n) is 13.3. The first-order valence-electron chi connectivity index (χ1n) is 7.85. The number of phenols is 1. The number of phenolic OH excluding ortho intramolecular Hbond substituents is 1. The molecule has 122 valence electrons. The predicted molar refractivity (Wildman–Crippen MR) is 97.3 cm³/mol. The van der Waals surface area contributed by atoms with E-state index < -0.39 is 6.04 Å². The Morgan fingerprint density at radius 1 is 1.08 bits per heavy atom. The maximum atomic E-state index is 12.1. The molecule has 3 aromatic carbocycles. The van der Waals surface area contributed by atoms with Crippen LogP contribution in [0.1, 0.15) is 30.5 Å². The van der Waals surface area contributed by atoms with E-state index in [9.17, 15) is 9.90 Å². The predicted octanol–water partition coefficient (Wildman–Crippen LogP) is 4.81. The molecule has 0 saturated carbocycles. The highest BCUT2D eigenvalue weighted by molar-refractivity contribution is 6.30. The number of nitrogens with one attached hydrogen (secondary N) is 1. The number of rotatable bonds is 4.